The lowest BCUT2D eigenvalue weighted by molar-refractivity contribution is -0.385. The maximum atomic E-state index is 17.3. The minimum absolute atomic E-state index is 0.0673. The van der Waals surface area contributed by atoms with Gasteiger partial charge in [-0.25, -0.2) is 4.79 Å². The number of amides is 6. The first-order valence-electron chi connectivity index (χ1n) is 46.4. The average Bonchev–Trinajstić information content (AvgIpc) is 0.742. The molecule has 0 aliphatic carbocycles. The molecule has 794 valence electrons. The lowest BCUT2D eigenvalue weighted by atomic mass is 9.89. The number of carbonyl (C=O) groups excluding carboxylic acids is 7. The van der Waals surface area contributed by atoms with E-state index in [4.69, 9.17) is 87.3 Å². The number of fused-ring (bicyclic) bond motifs is 14. The van der Waals surface area contributed by atoms with Crippen LogP contribution in [0.1, 0.15) is 107 Å². The van der Waals surface area contributed by atoms with Gasteiger partial charge in [0.05, 0.1) is 51.8 Å². The number of rotatable bonds is 16. The summed E-state index contributed by atoms with van der Waals surface area (Å²) in [7, 11) is 0.873. The number of phenols is 4. The molecule has 31 N–H and O–H groups in total. The molecule has 37 atom stereocenters. The number of benzene rings is 7. The number of aliphatic hydroxyl groups excluding tert-OH is 17. The molecule has 52 heteroatoms. The van der Waals surface area contributed by atoms with Crippen molar-refractivity contribution >= 4 is 41.4 Å². The largest absolute Gasteiger partial charge is 0.508 e. The van der Waals surface area contributed by atoms with Gasteiger partial charge in [-0.2, -0.15) is 0 Å². The third kappa shape index (κ3) is 21.4. The number of phenolic OH excluding ortho intramolecular Hbond substituents is 4. The van der Waals surface area contributed by atoms with Crippen molar-refractivity contribution in [1.29, 1.82) is 0 Å². The number of hydrogen-bond acceptors (Lipinski definition) is 46. The fourth-order valence-electron chi connectivity index (χ4n) is 18.6. The molecule has 0 saturated carbocycles. The van der Waals surface area contributed by atoms with Gasteiger partial charge in [-0.15, -0.1) is 0 Å². The van der Waals surface area contributed by atoms with Crippen LogP contribution in [0.15, 0.2) is 121 Å². The Balaban J connectivity index is 0.908. The van der Waals surface area contributed by atoms with Crippen LogP contribution in [0.4, 0.5) is 0 Å². The molecular formula is C95H110N8O44. The lowest BCUT2D eigenvalue weighted by Gasteiger charge is -2.48. The molecule has 147 heavy (non-hydrogen) atoms. The summed E-state index contributed by atoms with van der Waals surface area (Å²) in [6.45, 7) is 0.141. The molecule has 12 heterocycles. The molecule has 52 nitrogen and oxygen atoms in total. The molecule has 17 bridgehead atoms. The molecule has 7 aromatic carbocycles. The summed E-state index contributed by atoms with van der Waals surface area (Å²) < 4.78 is 99.8. The van der Waals surface area contributed by atoms with Gasteiger partial charge in [0.1, 0.15) is 192 Å². The molecule has 6 amide bonds. The standard InChI is InChI=1S/C95H110N8O44/c1-30-47(109)18-37-20-49(30)139-50-19-35(9-16-46(50)108)59(97)84(125)102-64-68(113)33-5-11-40(12-6-33)137-52-21-38-22-53(81(52)145-95-83(76(121)72(117)56(143-95)29-134-91-78(123)73(118)67(112)32(3)136-91)147-94-82(75(120)71(116)55(27-105)142-94)146-92-77(122)69(114)48(110)28-133-92)138-41-13-7-34(8-14-41)80(144-57-25-44(96)66(111)31(2)135-57)65-89(130)101-63(90(131)132-4)43-23-39(106)24-51(140-93-79(124)74(119)70(115)54(26-104)141-93)58(43)42-17-36(10-15-45(42)107)60(85(126)103-65)98-87(128)62(38)99-86(127)61(37)100-88(64)129/h5-24,31-32,44,48,54-57,59-80,82-83,91-95,104-124H,25-29,96-97H2,1-4H3,(H,98,128)(H,99,127)(H,100,129)(H,101,130)(H,102,125)(H,103,126)/t31-,32-,44+,48+,54+,55-,56+,57+,59+,60+,61-,62+,63-,64+,65-,66-,67-,68+,69+,70+,71-,72+,73+,74-,75+,76-,77-,78+,79-,80+,82+,83+,91?,92-,93+,94-,95-/m0/s1. The minimum Gasteiger partial charge on any atom is -0.508 e. The third-order valence-corrected chi connectivity index (χ3v) is 27.1. The van der Waals surface area contributed by atoms with Crippen LogP contribution in [0.3, 0.4) is 0 Å². The fourth-order valence-corrected chi connectivity index (χ4v) is 18.6. The van der Waals surface area contributed by atoms with E-state index in [9.17, 15) is 117 Å². The van der Waals surface area contributed by atoms with Gasteiger partial charge in [-0.05, 0) is 133 Å². The Hall–Kier alpha value is -12.1. The van der Waals surface area contributed by atoms with Crippen molar-refractivity contribution < 1.29 is 217 Å². The molecule has 6 fully saturated rings. The van der Waals surface area contributed by atoms with Crippen LogP contribution in [0.5, 0.6) is 69.0 Å². The molecule has 0 radical (unpaired) electrons. The normalized spacial score (nSPS) is 36.2. The average molecular weight is 2070 g/mol. The van der Waals surface area contributed by atoms with Gasteiger partial charge in [0.25, 0.3) is 0 Å². The van der Waals surface area contributed by atoms with Crippen molar-refractivity contribution in [1.82, 2.24) is 31.9 Å². The number of nitrogens with one attached hydrogen (secondary N) is 6. The smallest absolute Gasteiger partial charge is 0.333 e. The zero-order valence-electron chi connectivity index (χ0n) is 77.9. The van der Waals surface area contributed by atoms with Crippen molar-refractivity contribution in [3.8, 4) is 80.1 Å². The lowest BCUT2D eigenvalue weighted by Crippen LogP contribution is -2.67. The highest BCUT2D eigenvalue weighted by molar-refractivity contribution is 6.00. The molecule has 0 aromatic heterocycles. The van der Waals surface area contributed by atoms with E-state index in [-0.39, 0.29) is 39.5 Å². The number of carbonyl (C=O) groups is 7. The van der Waals surface area contributed by atoms with Crippen LogP contribution in [0, 0.1) is 6.92 Å². The van der Waals surface area contributed by atoms with Gasteiger partial charge in [-0.1, -0.05) is 36.4 Å². The van der Waals surface area contributed by atoms with E-state index >= 15 is 24.0 Å². The number of nitrogens with two attached hydrogens (primary N) is 2. The van der Waals surface area contributed by atoms with Crippen molar-refractivity contribution in [3.63, 3.8) is 0 Å². The summed E-state index contributed by atoms with van der Waals surface area (Å²) in [5, 5.41) is 257. The second-order valence-electron chi connectivity index (χ2n) is 36.9. The van der Waals surface area contributed by atoms with Crippen LogP contribution < -0.4 is 67.1 Å². The first kappa shape index (κ1) is 106. The van der Waals surface area contributed by atoms with Crippen LogP contribution in [-0.2, 0) is 85.7 Å². The Morgan fingerprint density at radius 3 is 1.59 bits per heavy atom. The van der Waals surface area contributed by atoms with E-state index < -0.39 is 386 Å². The van der Waals surface area contributed by atoms with Crippen molar-refractivity contribution in [2.45, 2.75) is 254 Å². The molecule has 7 aromatic rings. The highest BCUT2D eigenvalue weighted by Crippen LogP contribution is 2.51. The Morgan fingerprint density at radius 1 is 0.429 bits per heavy atom. The molecule has 12 aliphatic rings. The monoisotopic (exact) mass is 2070 g/mol. The van der Waals surface area contributed by atoms with E-state index in [1.165, 1.54) is 51.1 Å². The number of aliphatic hydroxyl groups is 17. The third-order valence-electron chi connectivity index (χ3n) is 27.1. The highest BCUT2D eigenvalue weighted by atomic mass is 16.8. The maximum absolute atomic E-state index is 17.3. The van der Waals surface area contributed by atoms with E-state index in [1.807, 2.05) is 0 Å². The predicted molar refractivity (Wildman–Crippen MR) is 483 cm³/mol. The SMILES string of the molecule is COC(=O)[C@H]1NC(=O)[C@H]2NC(=O)[C@H](NC(=O)[C@@H]3NC(=O)[C@H]4NC(=O)[C@H](NC(=O)[C@H](N)c5ccc(O)c(c5)Oc5cc4cc(O)c5C)[C@H](O)c4ccc(cc4)Oc4cc3cc(c4O[C@@H]3O[C@H](COC4O[C@@H](C)[C@H](O)[C@@H](O)[C@H]4O)[C@@H](O)[C@H](O)[C@H]3O[C@@H]3O[C@@H](CO)[C@H](O)[C@@H](O)[C@H]3O[C@@H]3OC[C@@H](O)[C@@H](O)[C@@H]3O)Oc3ccc(cc3)[C@H]2O[C@@H]2C[C@@H](N)[C@@H](O)[C@H](C)O2)c2ccc(O)c(c2)-c2c(O[C@@H]3O[C@H](CO)[C@@H](O)[C@H](O)[C@@H]3O)cc(O)cc21. The number of ether oxygens (including phenoxy) is 16. The molecule has 12 aliphatic heterocycles. The zero-order chi connectivity index (χ0) is 105. The number of esters is 1. The van der Waals surface area contributed by atoms with E-state index in [2.05, 4.69) is 31.9 Å². The molecule has 1 unspecified atom stereocenters. The van der Waals surface area contributed by atoms with Crippen molar-refractivity contribution in [2.75, 3.05) is 33.5 Å². The quantitative estimate of drug-likeness (QED) is 0.0400. The Morgan fingerprint density at radius 2 is 0.946 bits per heavy atom. The summed E-state index contributed by atoms with van der Waals surface area (Å²) in [5.41, 5.74) is 9.22. The second-order valence-corrected chi connectivity index (χ2v) is 36.9. The fraction of sp³-hybridized carbons (Fsp3) is 0.484. The van der Waals surface area contributed by atoms with Gasteiger partial charge < -0.3 is 226 Å². The van der Waals surface area contributed by atoms with Crippen molar-refractivity contribution in [2.24, 2.45) is 11.5 Å². The van der Waals surface area contributed by atoms with Gasteiger partial charge in [-0.3, -0.25) is 28.8 Å². The Labute approximate surface area is 831 Å². The molecule has 19 rings (SSSR count). The predicted octanol–water partition coefficient (Wildman–Crippen LogP) is -6.50. The minimum atomic E-state index is -2.60. The number of methoxy groups -OCH3 is 1. The van der Waals surface area contributed by atoms with Crippen LogP contribution in [0.2, 0.25) is 0 Å². The summed E-state index contributed by atoms with van der Waals surface area (Å²) in [6, 6.07) is 4.22. The first-order valence-corrected chi connectivity index (χ1v) is 46.4. The summed E-state index contributed by atoms with van der Waals surface area (Å²) in [4.78, 5) is 113. The van der Waals surface area contributed by atoms with Gasteiger partial charge >= 0.3 is 5.97 Å². The molecular weight excluding hydrogens is 1960 g/mol. The summed E-state index contributed by atoms with van der Waals surface area (Å²) in [6.07, 6.45) is -58.6. The van der Waals surface area contributed by atoms with Crippen LogP contribution >= 0.6 is 0 Å². The van der Waals surface area contributed by atoms with Crippen LogP contribution in [0.25, 0.3) is 11.1 Å². The number of hydrogen-bond donors (Lipinski definition) is 29. The number of aromatic hydroxyl groups is 4. The van der Waals surface area contributed by atoms with Gasteiger partial charge in [0, 0.05) is 40.8 Å². The second kappa shape index (κ2) is 43.6. The summed E-state index contributed by atoms with van der Waals surface area (Å²) >= 11 is 0. The Kier molecular flexibility index (Phi) is 31.5. The summed E-state index contributed by atoms with van der Waals surface area (Å²) in [5.74, 6) is -17.8. The van der Waals surface area contributed by atoms with Crippen LogP contribution in [-0.4, -0.2) is 366 Å². The first-order chi connectivity index (χ1) is 70.0. The van der Waals surface area contributed by atoms with Gasteiger partial charge in [0.15, 0.2) is 60.3 Å². The topological polar surface area (TPSA) is 816 Å². The highest BCUT2D eigenvalue weighted by Gasteiger charge is 2.57. The van der Waals surface area contributed by atoms with E-state index in [1.54, 1.807) is 0 Å². The van der Waals surface area contributed by atoms with Gasteiger partial charge in [0.2, 0.25) is 53.8 Å². The molecule has 6 saturated heterocycles. The van der Waals surface area contributed by atoms with E-state index in [0.717, 1.165) is 98.1 Å². The van der Waals surface area contributed by atoms with Crippen molar-refractivity contribution in [3.05, 3.63) is 166 Å². The Bertz CT molecular complexity index is 6010. The van der Waals surface area contributed by atoms with E-state index in [0.29, 0.717) is 0 Å². The molecule has 0 spiro atoms. The zero-order valence-corrected chi connectivity index (χ0v) is 77.9. The maximum Gasteiger partial charge on any atom is 0.333 e.